The molecule has 0 rings (SSSR count). The van der Waals surface area contributed by atoms with Crippen LogP contribution in [-0.2, 0) is 9.47 Å². The standard InChI is InChI=1S/C16H28O2/c1-4-7-8-9-10-11-12-13-14-15-16(17-5-2)18-6-3/h9-10,16H,4-6,11-15H2,1-3H3/b10-9+. The van der Waals surface area contributed by atoms with Gasteiger partial charge in [-0.2, -0.15) is 0 Å². The minimum absolute atomic E-state index is 0.00837. The van der Waals surface area contributed by atoms with Gasteiger partial charge in [0.1, 0.15) is 0 Å². The van der Waals surface area contributed by atoms with E-state index < -0.39 is 0 Å². The van der Waals surface area contributed by atoms with Gasteiger partial charge in [0.2, 0.25) is 0 Å². The van der Waals surface area contributed by atoms with Crippen molar-refractivity contribution in [2.24, 2.45) is 0 Å². The first-order valence-electron chi connectivity index (χ1n) is 7.21. The van der Waals surface area contributed by atoms with E-state index in [9.17, 15) is 0 Å². The molecule has 0 aromatic carbocycles. The molecule has 18 heavy (non-hydrogen) atoms. The van der Waals surface area contributed by atoms with E-state index in [1.807, 2.05) is 19.9 Å². The van der Waals surface area contributed by atoms with Gasteiger partial charge in [-0.15, -0.1) is 0 Å². The third-order valence-corrected chi connectivity index (χ3v) is 2.50. The Morgan fingerprint density at radius 2 is 1.72 bits per heavy atom. The normalized spacial score (nSPS) is 10.9. The lowest BCUT2D eigenvalue weighted by atomic mass is 10.1. The van der Waals surface area contributed by atoms with Crippen LogP contribution in [0.3, 0.4) is 0 Å². The molecule has 0 heterocycles. The molecule has 0 saturated heterocycles. The summed E-state index contributed by atoms with van der Waals surface area (Å²) in [4.78, 5) is 0. The van der Waals surface area contributed by atoms with Crippen molar-refractivity contribution in [2.75, 3.05) is 13.2 Å². The first kappa shape index (κ1) is 17.2. The second-order valence-electron chi connectivity index (χ2n) is 4.06. The van der Waals surface area contributed by atoms with Gasteiger partial charge in [-0.25, -0.2) is 0 Å². The third-order valence-electron chi connectivity index (χ3n) is 2.50. The van der Waals surface area contributed by atoms with Crippen molar-refractivity contribution < 1.29 is 9.47 Å². The van der Waals surface area contributed by atoms with Crippen LogP contribution >= 0.6 is 0 Å². The van der Waals surface area contributed by atoms with E-state index in [0.717, 1.165) is 32.5 Å². The monoisotopic (exact) mass is 252 g/mol. The molecular formula is C16H28O2. The summed E-state index contributed by atoms with van der Waals surface area (Å²) in [7, 11) is 0. The number of rotatable bonds is 10. The molecule has 2 heteroatoms. The smallest absolute Gasteiger partial charge is 0.157 e. The molecule has 0 aliphatic rings. The fourth-order valence-corrected chi connectivity index (χ4v) is 1.64. The number of hydrogen-bond acceptors (Lipinski definition) is 2. The Morgan fingerprint density at radius 1 is 1.00 bits per heavy atom. The maximum atomic E-state index is 5.50. The molecule has 0 aliphatic heterocycles. The average Bonchev–Trinajstić information content (AvgIpc) is 2.37. The third kappa shape index (κ3) is 11.7. The fraction of sp³-hybridized carbons (Fsp3) is 0.750. The lowest BCUT2D eigenvalue weighted by molar-refractivity contribution is -0.140. The Kier molecular flexibility index (Phi) is 13.7. The molecule has 104 valence electrons. The average molecular weight is 252 g/mol. The summed E-state index contributed by atoms with van der Waals surface area (Å²) in [6.07, 6.45) is 10.8. The zero-order valence-electron chi connectivity index (χ0n) is 12.2. The highest BCUT2D eigenvalue weighted by atomic mass is 16.7. The molecule has 0 aromatic heterocycles. The molecule has 0 radical (unpaired) electrons. The maximum Gasteiger partial charge on any atom is 0.157 e. The predicted molar refractivity (Wildman–Crippen MR) is 77.3 cm³/mol. The van der Waals surface area contributed by atoms with Crippen molar-refractivity contribution in [2.45, 2.75) is 65.6 Å². The Balaban J connectivity index is 3.45. The summed E-state index contributed by atoms with van der Waals surface area (Å²) < 4.78 is 11.0. The van der Waals surface area contributed by atoms with Gasteiger partial charge in [0.05, 0.1) is 0 Å². The molecule has 0 atom stereocenters. The van der Waals surface area contributed by atoms with Crippen LogP contribution in [0.5, 0.6) is 0 Å². The summed E-state index contributed by atoms with van der Waals surface area (Å²) in [5.74, 6) is 6.03. The highest BCUT2D eigenvalue weighted by molar-refractivity contribution is 5.14. The van der Waals surface area contributed by atoms with Gasteiger partial charge in [-0.1, -0.05) is 31.3 Å². The van der Waals surface area contributed by atoms with Gasteiger partial charge >= 0.3 is 0 Å². The van der Waals surface area contributed by atoms with Crippen molar-refractivity contribution in [3.8, 4) is 11.8 Å². The topological polar surface area (TPSA) is 18.5 Å². The van der Waals surface area contributed by atoms with Gasteiger partial charge in [-0.05, 0) is 45.6 Å². The van der Waals surface area contributed by atoms with Crippen LogP contribution in [0.2, 0.25) is 0 Å². The van der Waals surface area contributed by atoms with Crippen LogP contribution in [0.4, 0.5) is 0 Å². The Labute approximate surface area is 113 Å². The number of ether oxygens (including phenoxy) is 2. The number of allylic oxidation sites excluding steroid dienone is 2. The second-order valence-corrected chi connectivity index (χ2v) is 4.06. The van der Waals surface area contributed by atoms with Crippen molar-refractivity contribution in [3.05, 3.63) is 12.2 Å². The van der Waals surface area contributed by atoms with Crippen LogP contribution in [0.25, 0.3) is 0 Å². The molecule has 0 unspecified atom stereocenters. The van der Waals surface area contributed by atoms with Gasteiger partial charge in [0.15, 0.2) is 6.29 Å². The Bertz CT molecular complexity index is 242. The van der Waals surface area contributed by atoms with E-state index in [-0.39, 0.29) is 6.29 Å². The highest BCUT2D eigenvalue weighted by Gasteiger charge is 2.06. The van der Waals surface area contributed by atoms with E-state index >= 15 is 0 Å². The van der Waals surface area contributed by atoms with E-state index in [4.69, 9.17) is 9.47 Å². The van der Waals surface area contributed by atoms with E-state index in [1.54, 1.807) is 0 Å². The van der Waals surface area contributed by atoms with E-state index in [1.165, 1.54) is 19.3 Å². The fourth-order valence-electron chi connectivity index (χ4n) is 1.64. The minimum atomic E-state index is -0.00837. The molecule has 0 fully saturated rings. The van der Waals surface area contributed by atoms with Crippen molar-refractivity contribution in [1.82, 2.24) is 0 Å². The van der Waals surface area contributed by atoms with Crippen LogP contribution in [0.15, 0.2) is 12.2 Å². The lowest BCUT2D eigenvalue weighted by Gasteiger charge is -2.16. The van der Waals surface area contributed by atoms with Gasteiger partial charge in [0, 0.05) is 19.6 Å². The zero-order chi connectivity index (χ0) is 13.5. The Hall–Kier alpha value is -0.780. The molecular weight excluding hydrogens is 224 g/mol. The largest absolute Gasteiger partial charge is 0.353 e. The first-order valence-corrected chi connectivity index (χ1v) is 7.21. The SMILES string of the molecule is CCC#C/C=C/CCCCCC(OCC)OCC. The van der Waals surface area contributed by atoms with Gasteiger partial charge in [0.25, 0.3) is 0 Å². The molecule has 0 saturated carbocycles. The number of unbranched alkanes of at least 4 members (excludes halogenated alkanes) is 3. The summed E-state index contributed by atoms with van der Waals surface area (Å²) in [6.45, 7) is 7.53. The van der Waals surface area contributed by atoms with Gasteiger partial charge < -0.3 is 9.47 Å². The molecule has 0 N–H and O–H groups in total. The van der Waals surface area contributed by atoms with Gasteiger partial charge in [-0.3, -0.25) is 0 Å². The van der Waals surface area contributed by atoms with Crippen LogP contribution in [-0.4, -0.2) is 19.5 Å². The predicted octanol–water partition coefficient (Wildman–Crippen LogP) is 4.31. The van der Waals surface area contributed by atoms with Crippen molar-refractivity contribution in [3.63, 3.8) is 0 Å². The Morgan fingerprint density at radius 3 is 2.33 bits per heavy atom. The van der Waals surface area contributed by atoms with Crippen molar-refractivity contribution >= 4 is 0 Å². The zero-order valence-corrected chi connectivity index (χ0v) is 12.2. The first-order chi connectivity index (χ1) is 8.85. The van der Waals surface area contributed by atoms with Crippen molar-refractivity contribution in [1.29, 1.82) is 0 Å². The summed E-state index contributed by atoms with van der Waals surface area (Å²) >= 11 is 0. The van der Waals surface area contributed by atoms with Crippen LogP contribution in [0.1, 0.15) is 59.3 Å². The highest BCUT2D eigenvalue weighted by Crippen LogP contribution is 2.09. The van der Waals surface area contributed by atoms with E-state index in [0.29, 0.717) is 0 Å². The maximum absolute atomic E-state index is 5.50. The summed E-state index contributed by atoms with van der Waals surface area (Å²) in [5.41, 5.74) is 0. The second kappa shape index (κ2) is 14.3. The molecule has 0 aliphatic carbocycles. The quantitative estimate of drug-likeness (QED) is 0.328. The van der Waals surface area contributed by atoms with E-state index in [2.05, 4.69) is 24.8 Å². The molecule has 2 nitrogen and oxygen atoms in total. The van der Waals surface area contributed by atoms with Crippen LogP contribution in [0, 0.1) is 11.8 Å². The molecule has 0 aromatic rings. The lowest BCUT2D eigenvalue weighted by Crippen LogP contribution is -2.17. The minimum Gasteiger partial charge on any atom is -0.353 e. The molecule has 0 bridgehead atoms. The summed E-state index contributed by atoms with van der Waals surface area (Å²) in [6, 6.07) is 0. The van der Waals surface area contributed by atoms with Crippen LogP contribution < -0.4 is 0 Å². The molecule has 0 amide bonds. The number of hydrogen-bond donors (Lipinski definition) is 0. The molecule has 0 spiro atoms. The summed E-state index contributed by atoms with van der Waals surface area (Å²) in [5, 5.41) is 0.